The first-order chi connectivity index (χ1) is 20.0. The number of thioether (sulfide) groups is 1. The lowest BCUT2D eigenvalue weighted by Crippen LogP contribution is -2.19. The summed E-state index contributed by atoms with van der Waals surface area (Å²) in [7, 11) is 0. The second-order valence-electron chi connectivity index (χ2n) is 9.76. The van der Waals surface area contributed by atoms with Gasteiger partial charge in [-0.05, 0) is 60.7 Å². The minimum atomic E-state index is -1.02. The number of aromatic nitrogens is 2. The fraction of sp³-hybridized carbons (Fsp3) is 0.121. The molecule has 2 N–H and O–H groups in total. The molecule has 0 aliphatic heterocycles. The number of benzene rings is 3. The van der Waals surface area contributed by atoms with Crippen LogP contribution >= 0.6 is 11.8 Å². The van der Waals surface area contributed by atoms with E-state index < -0.39 is 11.2 Å². The van der Waals surface area contributed by atoms with Gasteiger partial charge in [-0.1, -0.05) is 72.4 Å². The number of aromatic carboxylic acids is 1. The number of nitriles is 1. The third-order valence-corrected chi connectivity index (χ3v) is 8.36. The van der Waals surface area contributed by atoms with E-state index in [0.29, 0.717) is 32.9 Å². The maximum Gasteiger partial charge on any atom is 0.336 e. The van der Waals surface area contributed by atoms with E-state index in [1.54, 1.807) is 48.5 Å². The van der Waals surface area contributed by atoms with Crippen LogP contribution in [0.3, 0.4) is 0 Å². The van der Waals surface area contributed by atoms with Crippen molar-refractivity contribution in [1.29, 1.82) is 5.26 Å². The molecule has 1 aliphatic rings. The van der Waals surface area contributed by atoms with Gasteiger partial charge in [0.1, 0.15) is 16.3 Å². The molecule has 41 heavy (non-hydrogen) atoms. The van der Waals surface area contributed by atoms with Crippen LogP contribution in [0.4, 0.5) is 5.69 Å². The van der Waals surface area contributed by atoms with E-state index in [2.05, 4.69) is 16.4 Å². The number of nitrogens with zero attached hydrogens (tertiary/aromatic N) is 3. The van der Waals surface area contributed by atoms with Crippen LogP contribution in [-0.2, 0) is 17.6 Å². The van der Waals surface area contributed by atoms with Gasteiger partial charge >= 0.3 is 5.97 Å². The minimum absolute atomic E-state index is 0.183. The number of nitrogens with one attached hydrogen (secondary N) is 1. The Morgan fingerprint density at radius 3 is 2.44 bits per heavy atom. The second-order valence-corrected chi connectivity index (χ2v) is 10.9. The Balaban J connectivity index is 1.27. The molecule has 1 aliphatic carbocycles. The smallest absolute Gasteiger partial charge is 0.336 e. The number of aryl methyl sites for hydroxylation is 2. The van der Waals surface area contributed by atoms with Gasteiger partial charge in [0.15, 0.2) is 0 Å². The molecule has 0 radical (unpaired) electrons. The summed E-state index contributed by atoms with van der Waals surface area (Å²) >= 11 is 1.28. The Morgan fingerprint density at radius 1 is 0.927 bits per heavy atom. The van der Waals surface area contributed by atoms with Crippen LogP contribution in [0.15, 0.2) is 96.0 Å². The number of para-hydroxylation sites is 1. The average molecular weight is 557 g/mol. The first-order valence-electron chi connectivity index (χ1n) is 13.2. The average Bonchev–Trinajstić information content (AvgIpc) is 3.47. The number of anilines is 1. The van der Waals surface area contributed by atoms with Gasteiger partial charge in [-0.2, -0.15) is 5.26 Å². The number of pyridine rings is 2. The van der Waals surface area contributed by atoms with Gasteiger partial charge in [0.25, 0.3) is 0 Å². The maximum absolute atomic E-state index is 13.7. The van der Waals surface area contributed by atoms with Gasteiger partial charge in [0, 0.05) is 22.3 Å². The molecule has 6 rings (SSSR count). The van der Waals surface area contributed by atoms with E-state index in [4.69, 9.17) is 4.98 Å². The Kier molecular flexibility index (Phi) is 7.19. The number of hydrogen-bond acceptors (Lipinski definition) is 6. The van der Waals surface area contributed by atoms with Gasteiger partial charge < -0.3 is 10.4 Å². The Hall–Kier alpha value is -5.00. The number of fused-ring (bicyclic) bond motifs is 2. The molecule has 1 amide bonds. The van der Waals surface area contributed by atoms with Crippen molar-refractivity contribution < 1.29 is 14.7 Å². The summed E-state index contributed by atoms with van der Waals surface area (Å²) in [5.41, 5.74) is 6.03. The Bertz CT molecular complexity index is 1830. The molecule has 7 nitrogen and oxygen atoms in total. The van der Waals surface area contributed by atoms with Crippen LogP contribution in [0.1, 0.15) is 44.4 Å². The second kappa shape index (κ2) is 11.2. The third kappa shape index (κ3) is 5.40. The zero-order valence-corrected chi connectivity index (χ0v) is 22.7. The van der Waals surface area contributed by atoms with Crippen LogP contribution in [0.25, 0.3) is 22.2 Å². The molecular formula is C33H24N4O3S. The zero-order chi connectivity index (χ0) is 28.3. The van der Waals surface area contributed by atoms with Crippen molar-refractivity contribution >= 4 is 40.2 Å². The predicted molar refractivity (Wildman–Crippen MR) is 159 cm³/mol. The first-order valence-corrected chi connectivity index (χ1v) is 14.1. The minimum Gasteiger partial charge on any atom is -0.478 e. The lowest BCUT2D eigenvalue weighted by Gasteiger charge is -2.18. The molecule has 0 saturated carbocycles. The summed E-state index contributed by atoms with van der Waals surface area (Å²) in [4.78, 5) is 35.0. The van der Waals surface area contributed by atoms with E-state index in [-0.39, 0.29) is 11.5 Å². The van der Waals surface area contributed by atoms with Crippen molar-refractivity contribution in [1.82, 2.24) is 9.97 Å². The molecule has 1 unspecified atom stereocenters. The normalized spacial score (nSPS) is 12.9. The lowest BCUT2D eigenvalue weighted by molar-refractivity contribution is -0.115. The molecule has 2 heterocycles. The van der Waals surface area contributed by atoms with Crippen molar-refractivity contribution in [3.63, 3.8) is 0 Å². The summed E-state index contributed by atoms with van der Waals surface area (Å²) < 4.78 is 0. The molecule has 5 aromatic rings. The van der Waals surface area contributed by atoms with Crippen LogP contribution in [0.5, 0.6) is 0 Å². The first kappa shape index (κ1) is 26.2. The van der Waals surface area contributed by atoms with Crippen molar-refractivity contribution in [3.05, 3.63) is 119 Å². The fourth-order valence-corrected chi connectivity index (χ4v) is 6.14. The van der Waals surface area contributed by atoms with Crippen molar-refractivity contribution in [2.45, 2.75) is 29.5 Å². The summed E-state index contributed by atoms with van der Waals surface area (Å²) in [5, 5.41) is 23.0. The van der Waals surface area contributed by atoms with Crippen LogP contribution in [0.2, 0.25) is 0 Å². The molecular weight excluding hydrogens is 532 g/mol. The number of amides is 1. The van der Waals surface area contributed by atoms with Crippen LogP contribution < -0.4 is 5.32 Å². The van der Waals surface area contributed by atoms with E-state index in [1.807, 2.05) is 42.5 Å². The summed E-state index contributed by atoms with van der Waals surface area (Å²) in [6, 6.07) is 29.5. The van der Waals surface area contributed by atoms with E-state index in [1.165, 1.54) is 11.8 Å². The quantitative estimate of drug-likeness (QED) is 0.211. The molecule has 1 atom stereocenters. The predicted octanol–water partition coefficient (Wildman–Crippen LogP) is 6.83. The SMILES string of the molecule is N#Cc1cc2c(nc1SC(C(=O)Nc1ccc(-c3cc(C(=O)O)c4ccccc4n3)cc1)c1ccccc1)CCC2. The summed E-state index contributed by atoms with van der Waals surface area (Å²) in [6.45, 7) is 0. The number of rotatable bonds is 7. The van der Waals surface area contributed by atoms with Gasteiger partial charge in [0.2, 0.25) is 5.91 Å². The number of carbonyl (C=O) groups excluding carboxylic acids is 1. The van der Waals surface area contributed by atoms with Crippen LogP contribution in [-0.4, -0.2) is 27.0 Å². The highest BCUT2D eigenvalue weighted by molar-refractivity contribution is 8.00. The number of carbonyl (C=O) groups is 2. The largest absolute Gasteiger partial charge is 0.478 e. The zero-order valence-electron chi connectivity index (χ0n) is 21.9. The van der Waals surface area contributed by atoms with Gasteiger partial charge in [-0.25, -0.2) is 14.8 Å². The van der Waals surface area contributed by atoms with E-state index in [0.717, 1.165) is 41.6 Å². The highest BCUT2D eigenvalue weighted by atomic mass is 32.2. The summed E-state index contributed by atoms with van der Waals surface area (Å²) in [5.74, 6) is -1.26. The topological polar surface area (TPSA) is 116 Å². The molecule has 0 fully saturated rings. The van der Waals surface area contributed by atoms with Crippen LogP contribution in [0, 0.1) is 11.3 Å². The molecule has 0 bridgehead atoms. The fourth-order valence-electron chi connectivity index (χ4n) is 5.07. The molecule has 8 heteroatoms. The standard InChI is InChI=1S/C33H24N4O3S/c34-19-23-17-22-9-6-12-27(22)37-32(23)41-30(21-7-2-1-3-8-21)31(38)35-24-15-13-20(14-16-24)29-18-26(33(39)40)25-10-4-5-11-28(25)36-29/h1-5,7-8,10-11,13-18,30H,6,9,12H2,(H,35,38)(H,39,40). The molecule has 200 valence electrons. The Morgan fingerprint density at radius 2 is 1.68 bits per heavy atom. The number of carboxylic acid groups (broad SMARTS) is 1. The van der Waals surface area contributed by atoms with Crippen molar-refractivity contribution in [2.24, 2.45) is 0 Å². The monoisotopic (exact) mass is 556 g/mol. The van der Waals surface area contributed by atoms with Gasteiger partial charge in [0.05, 0.1) is 22.3 Å². The van der Waals surface area contributed by atoms with E-state index >= 15 is 0 Å². The molecule has 0 saturated heterocycles. The highest BCUT2D eigenvalue weighted by Crippen LogP contribution is 2.38. The molecule has 3 aromatic carbocycles. The van der Waals surface area contributed by atoms with E-state index in [9.17, 15) is 20.0 Å². The lowest BCUT2D eigenvalue weighted by atomic mass is 10.0. The Labute approximate surface area is 240 Å². The van der Waals surface area contributed by atoms with Crippen molar-refractivity contribution in [3.8, 4) is 17.3 Å². The van der Waals surface area contributed by atoms with Gasteiger partial charge in [-0.15, -0.1) is 0 Å². The number of carboxylic acids is 1. The summed E-state index contributed by atoms with van der Waals surface area (Å²) in [6.07, 6.45) is 2.82. The van der Waals surface area contributed by atoms with Gasteiger partial charge in [-0.3, -0.25) is 4.79 Å². The number of hydrogen-bond donors (Lipinski definition) is 2. The molecule has 0 spiro atoms. The van der Waals surface area contributed by atoms with Crippen molar-refractivity contribution in [2.75, 3.05) is 5.32 Å². The molecule has 2 aromatic heterocycles. The maximum atomic E-state index is 13.7. The third-order valence-electron chi connectivity index (χ3n) is 7.10. The highest BCUT2D eigenvalue weighted by Gasteiger charge is 2.26.